The molecule has 0 aliphatic carbocycles. The SMILES string of the molecule is CC1=C(C(=O)NCC=Cc2ccccc2)C(c2cccc(Cl)c2)C(C(=O)OCCC#N)=C(C)N1. The average Bonchev–Trinajstić information content (AvgIpc) is 2.82. The quantitative estimate of drug-likeness (QED) is 0.420. The maximum absolute atomic E-state index is 13.3. The highest BCUT2D eigenvalue weighted by atomic mass is 35.5. The number of carbonyl (C=O) groups is 2. The molecule has 6 nitrogen and oxygen atoms in total. The molecule has 1 amide bonds. The number of benzene rings is 2. The van der Waals surface area contributed by atoms with Crippen LogP contribution < -0.4 is 10.6 Å². The third-order valence-electron chi connectivity index (χ3n) is 5.34. The monoisotopic (exact) mass is 475 g/mol. The van der Waals surface area contributed by atoms with E-state index in [0.29, 0.717) is 39.7 Å². The van der Waals surface area contributed by atoms with Crippen molar-refractivity contribution in [2.45, 2.75) is 26.2 Å². The Bertz CT molecular complexity index is 1190. The second kappa shape index (κ2) is 11.9. The van der Waals surface area contributed by atoms with Crippen molar-refractivity contribution < 1.29 is 14.3 Å². The molecular weight excluding hydrogens is 450 g/mol. The largest absolute Gasteiger partial charge is 0.461 e. The Kier molecular flexibility index (Phi) is 8.66. The molecule has 1 atom stereocenters. The molecule has 1 unspecified atom stereocenters. The van der Waals surface area contributed by atoms with Crippen molar-refractivity contribution >= 4 is 29.6 Å². The summed E-state index contributed by atoms with van der Waals surface area (Å²) < 4.78 is 5.33. The van der Waals surface area contributed by atoms with Gasteiger partial charge in [0.2, 0.25) is 5.91 Å². The number of esters is 1. The van der Waals surface area contributed by atoms with Crippen LogP contribution in [0.25, 0.3) is 6.08 Å². The van der Waals surface area contributed by atoms with E-state index in [4.69, 9.17) is 21.6 Å². The number of ether oxygens (including phenoxy) is 1. The summed E-state index contributed by atoms with van der Waals surface area (Å²) in [4.78, 5) is 26.3. The molecule has 34 heavy (non-hydrogen) atoms. The number of hydrogen-bond donors (Lipinski definition) is 2. The van der Waals surface area contributed by atoms with E-state index >= 15 is 0 Å². The number of halogens is 1. The zero-order chi connectivity index (χ0) is 24.5. The molecule has 0 radical (unpaired) electrons. The molecule has 0 saturated carbocycles. The molecule has 174 valence electrons. The van der Waals surface area contributed by atoms with Crippen LogP contribution in [-0.2, 0) is 14.3 Å². The van der Waals surface area contributed by atoms with E-state index in [-0.39, 0.29) is 18.9 Å². The Hall–Kier alpha value is -3.82. The van der Waals surface area contributed by atoms with Gasteiger partial charge in [-0.3, -0.25) is 4.79 Å². The molecule has 0 bridgehead atoms. The molecule has 2 aromatic carbocycles. The first-order chi connectivity index (χ1) is 16.4. The van der Waals surface area contributed by atoms with Gasteiger partial charge in [-0.25, -0.2) is 4.79 Å². The third-order valence-corrected chi connectivity index (χ3v) is 5.58. The van der Waals surface area contributed by atoms with E-state index in [9.17, 15) is 9.59 Å². The average molecular weight is 476 g/mol. The van der Waals surface area contributed by atoms with Crippen LogP contribution in [0.15, 0.2) is 83.2 Å². The van der Waals surface area contributed by atoms with Crippen molar-refractivity contribution in [2.75, 3.05) is 13.2 Å². The lowest BCUT2D eigenvalue weighted by Crippen LogP contribution is -2.36. The smallest absolute Gasteiger partial charge is 0.336 e. The summed E-state index contributed by atoms with van der Waals surface area (Å²) >= 11 is 6.24. The predicted octanol–water partition coefficient (Wildman–Crippen LogP) is 4.86. The van der Waals surface area contributed by atoms with Gasteiger partial charge >= 0.3 is 5.97 Å². The van der Waals surface area contributed by atoms with Crippen LogP contribution in [-0.4, -0.2) is 25.0 Å². The van der Waals surface area contributed by atoms with Crippen molar-refractivity contribution in [1.29, 1.82) is 5.26 Å². The molecule has 0 aromatic heterocycles. The van der Waals surface area contributed by atoms with Crippen molar-refractivity contribution in [1.82, 2.24) is 10.6 Å². The minimum atomic E-state index is -0.673. The maximum atomic E-state index is 13.3. The lowest BCUT2D eigenvalue weighted by molar-refractivity contribution is -0.139. The predicted molar refractivity (Wildman–Crippen MR) is 132 cm³/mol. The first-order valence-electron chi connectivity index (χ1n) is 10.9. The Morgan fingerprint density at radius 2 is 1.85 bits per heavy atom. The van der Waals surface area contributed by atoms with Crippen LogP contribution in [0.1, 0.15) is 37.3 Å². The van der Waals surface area contributed by atoms with Crippen molar-refractivity contribution in [2.24, 2.45) is 0 Å². The maximum Gasteiger partial charge on any atom is 0.336 e. The van der Waals surface area contributed by atoms with Crippen LogP contribution in [0.5, 0.6) is 0 Å². The minimum Gasteiger partial charge on any atom is -0.461 e. The van der Waals surface area contributed by atoms with E-state index in [0.717, 1.165) is 5.56 Å². The van der Waals surface area contributed by atoms with Gasteiger partial charge in [0.05, 0.1) is 24.0 Å². The number of rotatable bonds is 8. The molecule has 1 aliphatic rings. The summed E-state index contributed by atoms with van der Waals surface area (Å²) in [6.07, 6.45) is 3.88. The fourth-order valence-corrected chi connectivity index (χ4v) is 4.06. The van der Waals surface area contributed by atoms with Crippen LogP contribution in [0, 0.1) is 11.3 Å². The number of nitrogens with zero attached hydrogens (tertiary/aromatic N) is 1. The molecule has 2 N–H and O–H groups in total. The first-order valence-corrected chi connectivity index (χ1v) is 11.3. The molecule has 3 rings (SSSR count). The summed E-state index contributed by atoms with van der Waals surface area (Å²) in [5.41, 5.74) is 3.68. The normalized spacial score (nSPS) is 15.6. The summed E-state index contributed by atoms with van der Waals surface area (Å²) in [6, 6.07) is 18.8. The van der Waals surface area contributed by atoms with Gasteiger partial charge < -0.3 is 15.4 Å². The Balaban J connectivity index is 1.89. The zero-order valence-electron chi connectivity index (χ0n) is 19.1. The van der Waals surface area contributed by atoms with Gasteiger partial charge in [0.15, 0.2) is 0 Å². The van der Waals surface area contributed by atoms with E-state index in [1.165, 1.54) is 0 Å². The van der Waals surface area contributed by atoms with Gasteiger partial charge in [-0.05, 0) is 37.1 Å². The van der Waals surface area contributed by atoms with Crippen molar-refractivity contribution in [3.05, 3.63) is 99.4 Å². The van der Waals surface area contributed by atoms with E-state index < -0.39 is 11.9 Å². The van der Waals surface area contributed by atoms with Crippen LogP contribution in [0.3, 0.4) is 0 Å². The van der Waals surface area contributed by atoms with Gasteiger partial charge in [0.25, 0.3) is 0 Å². The standard InChI is InChI=1S/C27H26ClN3O3/c1-18-23(26(32)30-15-7-11-20-9-4-3-5-10-20)25(21-12-6-13-22(28)17-21)24(19(2)31-18)27(33)34-16-8-14-29/h3-7,9-13,17,25,31H,8,15-16H2,1-2H3,(H,30,32). The number of allylic oxidation sites excluding steroid dienone is 2. The van der Waals surface area contributed by atoms with Crippen molar-refractivity contribution in [3.63, 3.8) is 0 Å². The van der Waals surface area contributed by atoms with Crippen LogP contribution in [0.2, 0.25) is 5.02 Å². The lowest BCUT2D eigenvalue weighted by Gasteiger charge is -2.31. The lowest BCUT2D eigenvalue weighted by atomic mass is 9.80. The van der Waals surface area contributed by atoms with Gasteiger partial charge in [0, 0.05) is 28.5 Å². The highest BCUT2D eigenvalue weighted by Crippen LogP contribution is 2.39. The molecule has 0 saturated heterocycles. The topological polar surface area (TPSA) is 91.2 Å². The number of nitrogens with one attached hydrogen (secondary N) is 2. The summed E-state index contributed by atoms with van der Waals surface area (Å²) in [5, 5.41) is 15.3. The fourth-order valence-electron chi connectivity index (χ4n) is 3.86. The Morgan fingerprint density at radius 3 is 2.56 bits per heavy atom. The van der Waals surface area contributed by atoms with Crippen molar-refractivity contribution in [3.8, 4) is 6.07 Å². The van der Waals surface area contributed by atoms with Gasteiger partial charge in [0.1, 0.15) is 6.61 Å². The highest BCUT2D eigenvalue weighted by Gasteiger charge is 2.37. The van der Waals surface area contributed by atoms with Crippen LogP contribution >= 0.6 is 11.6 Å². The van der Waals surface area contributed by atoms with Crippen LogP contribution in [0.4, 0.5) is 0 Å². The highest BCUT2D eigenvalue weighted by molar-refractivity contribution is 6.30. The van der Waals surface area contributed by atoms with E-state index in [1.807, 2.05) is 54.6 Å². The molecule has 7 heteroatoms. The Labute approximate surface area is 204 Å². The first kappa shape index (κ1) is 24.8. The molecular formula is C27H26ClN3O3. The minimum absolute atomic E-state index is 0.0249. The second-order valence-corrected chi connectivity index (χ2v) is 8.19. The Morgan fingerprint density at radius 1 is 1.12 bits per heavy atom. The molecule has 1 heterocycles. The molecule has 1 aliphatic heterocycles. The number of nitriles is 1. The summed E-state index contributed by atoms with van der Waals surface area (Å²) in [6.45, 7) is 3.85. The number of amides is 1. The van der Waals surface area contributed by atoms with Gasteiger partial charge in [-0.15, -0.1) is 0 Å². The third kappa shape index (κ3) is 6.15. The van der Waals surface area contributed by atoms with E-state index in [1.54, 1.807) is 32.0 Å². The van der Waals surface area contributed by atoms with Gasteiger partial charge in [-0.2, -0.15) is 5.26 Å². The molecule has 2 aromatic rings. The number of dihydropyridines is 1. The molecule has 0 spiro atoms. The number of hydrogen-bond acceptors (Lipinski definition) is 5. The molecule has 0 fully saturated rings. The number of carbonyl (C=O) groups excluding carboxylic acids is 2. The summed E-state index contributed by atoms with van der Waals surface area (Å²) in [5.74, 6) is -1.55. The van der Waals surface area contributed by atoms with E-state index in [2.05, 4.69) is 10.6 Å². The fraction of sp³-hybridized carbons (Fsp3) is 0.222. The zero-order valence-corrected chi connectivity index (χ0v) is 19.9. The second-order valence-electron chi connectivity index (χ2n) is 7.76. The van der Waals surface area contributed by atoms with Gasteiger partial charge in [-0.1, -0.05) is 66.2 Å². The summed E-state index contributed by atoms with van der Waals surface area (Å²) in [7, 11) is 0.